The number of aryl methyl sites for hydroxylation is 4. The fourth-order valence-electron chi connectivity index (χ4n) is 4.21. The molecule has 0 unspecified atom stereocenters. The quantitative estimate of drug-likeness (QED) is 0.104. The van der Waals surface area contributed by atoms with Crippen LogP contribution >= 0.6 is 0 Å². The Morgan fingerprint density at radius 3 is 1.29 bits per heavy atom. The number of nitrogens with zero attached hydrogens (tertiary/aromatic N) is 8. The number of azo groups is 2. The van der Waals surface area contributed by atoms with E-state index >= 15 is 0 Å². The molecule has 2 aromatic heterocycles. The second-order valence-corrected chi connectivity index (χ2v) is 11.3. The molecule has 12 heteroatoms. The van der Waals surface area contributed by atoms with E-state index in [2.05, 4.69) is 64.1 Å². The van der Waals surface area contributed by atoms with Crippen LogP contribution in [-0.4, -0.2) is 19.9 Å². The molecule has 6 aromatic rings. The first-order valence-electron chi connectivity index (χ1n) is 15.6. The Hall–Kier alpha value is -6.92. The zero-order valence-electron chi connectivity index (χ0n) is 28.3. The maximum atomic E-state index is 13.8. The Labute approximate surface area is 297 Å². The maximum Gasteiger partial charge on any atom is 0.268 e. The van der Waals surface area contributed by atoms with Crippen molar-refractivity contribution < 1.29 is 17.6 Å². The SMILES string of the molecule is Cc1ccc(N=Nc2cnc(C#Cc3c(F)cc(C)cc3F)nc2)cc1.Cc1ccc(N=Nc2ncc(C#Cc3c(F)cc(C)cc3F)cn2)cc1. The molecule has 2 heterocycles. The van der Waals surface area contributed by atoms with Crippen LogP contribution in [0, 0.1) is 74.6 Å². The maximum absolute atomic E-state index is 13.8. The highest BCUT2D eigenvalue weighted by atomic mass is 19.1. The first-order valence-corrected chi connectivity index (χ1v) is 15.6. The van der Waals surface area contributed by atoms with Gasteiger partial charge in [-0.15, -0.1) is 15.3 Å². The molecule has 0 aliphatic carbocycles. The summed E-state index contributed by atoms with van der Waals surface area (Å²) >= 11 is 0. The summed E-state index contributed by atoms with van der Waals surface area (Å²) in [5, 5.41) is 16.1. The first-order chi connectivity index (χ1) is 25.0. The van der Waals surface area contributed by atoms with E-state index in [1.54, 1.807) is 13.8 Å². The molecular formula is C40H28F4N8. The van der Waals surface area contributed by atoms with Crippen LogP contribution in [0.5, 0.6) is 0 Å². The first kappa shape index (κ1) is 36.4. The molecule has 0 spiro atoms. The highest BCUT2D eigenvalue weighted by molar-refractivity contribution is 5.45. The monoisotopic (exact) mass is 696 g/mol. The van der Waals surface area contributed by atoms with Crippen LogP contribution in [0.1, 0.15) is 44.8 Å². The van der Waals surface area contributed by atoms with Crippen LogP contribution in [0.25, 0.3) is 0 Å². The summed E-state index contributed by atoms with van der Waals surface area (Å²) in [7, 11) is 0. The van der Waals surface area contributed by atoms with Crippen LogP contribution < -0.4 is 0 Å². The summed E-state index contributed by atoms with van der Waals surface area (Å²) in [4.78, 5) is 16.1. The minimum absolute atomic E-state index is 0.138. The third-order valence-corrected chi connectivity index (χ3v) is 6.88. The van der Waals surface area contributed by atoms with Gasteiger partial charge in [0.15, 0.2) is 0 Å². The zero-order valence-corrected chi connectivity index (χ0v) is 28.3. The van der Waals surface area contributed by atoms with Crippen LogP contribution in [0.2, 0.25) is 0 Å². The van der Waals surface area contributed by atoms with Crippen molar-refractivity contribution >= 4 is 23.0 Å². The second kappa shape index (κ2) is 17.1. The molecule has 4 aromatic carbocycles. The largest absolute Gasteiger partial charge is 0.268 e. The van der Waals surface area contributed by atoms with Gasteiger partial charge in [0.05, 0.1) is 40.5 Å². The van der Waals surface area contributed by atoms with Gasteiger partial charge in [-0.1, -0.05) is 53.2 Å². The molecule has 0 N–H and O–H groups in total. The van der Waals surface area contributed by atoms with E-state index in [9.17, 15) is 17.6 Å². The lowest BCUT2D eigenvalue weighted by molar-refractivity contribution is 0.575. The van der Waals surface area contributed by atoms with E-state index in [1.807, 2.05) is 62.4 Å². The summed E-state index contributed by atoms with van der Waals surface area (Å²) in [5.74, 6) is 7.59. The topological polar surface area (TPSA) is 101 Å². The number of rotatable bonds is 4. The van der Waals surface area contributed by atoms with Crippen LogP contribution in [0.4, 0.5) is 40.6 Å². The van der Waals surface area contributed by atoms with Crippen LogP contribution in [-0.2, 0) is 0 Å². The van der Waals surface area contributed by atoms with E-state index in [-0.39, 0.29) is 22.9 Å². The lowest BCUT2D eigenvalue weighted by Crippen LogP contribution is -1.92. The molecular weight excluding hydrogens is 668 g/mol. The van der Waals surface area contributed by atoms with Gasteiger partial charge < -0.3 is 0 Å². The summed E-state index contributed by atoms with van der Waals surface area (Å²) < 4.78 is 55.0. The summed E-state index contributed by atoms with van der Waals surface area (Å²) in [6.45, 7) is 7.19. The number of halogens is 4. The van der Waals surface area contributed by atoms with Crippen molar-refractivity contribution in [1.29, 1.82) is 0 Å². The van der Waals surface area contributed by atoms with Crippen molar-refractivity contribution in [2.45, 2.75) is 27.7 Å². The minimum Gasteiger partial charge on any atom is -0.227 e. The fraction of sp³-hybridized carbons (Fsp3) is 0.100. The zero-order chi connectivity index (χ0) is 37.0. The number of benzene rings is 4. The van der Waals surface area contributed by atoms with Crippen molar-refractivity contribution in [3.8, 4) is 23.7 Å². The van der Waals surface area contributed by atoms with E-state index in [1.165, 1.54) is 49.1 Å². The van der Waals surface area contributed by atoms with Gasteiger partial charge in [-0.2, -0.15) is 5.11 Å². The third kappa shape index (κ3) is 10.5. The Morgan fingerprint density at radius 1 is 0.423 bits per heavy atom. The molecule has 0 saturated carbocycles. The molecule has 0 radical (unpaired) electrons. The summed E-state index contributed by atoms with van der Waals surface area (Å²) in [6.07, 6.45) is 5.73. The molecule has 6 rings (SSSR count). The number of hydrogen-bond acceptors (Lipinski definition) is 8. The lowest BCUT2D eigenvalue weighted by atomic mass is 10.1. The average Bonchev–Trinajstić information content (AvgIpc) is 3.11. The van der Waals surface area contributed by atoms with Gasteiger partial charge in [-0.25, -0.2) is 37.5 Å². The average molecular weight is 697 g/mol. The Bertz CT molecular complexity index is 2150. The Balaban J connectivity index is 0.000000201. The fourth-order valence-corrected chi connectivity index (χ4v) is 4.21. The van der Waals surface area contributed by atoms with E-state index in [0.717, 1.165) is 11.1 Å². The van der Waals surface area contributed by atoms with Crippen molar-refractivity contribution in [3.05, 3.63) is 166 Å². The lowest BCUT2D eigenvalue weighted by Gasteiger charge is -1.99. The summed E-state index contributed by atoms with van der Waals surface area (Å²) in [6, 6.07) is 20.0. The van der Waals surface area contributed by atoms with Crippen molar-refractivity contribution in [1.82, 2.24) is 19.9 Å². The van der Waals surface area contributed by atoms with E-state index in [4.69, 9.17) is 0 Å². The van der Waals surface area contributed by atoms with Crippen LogP contribution in [0.15, 0.2) is 118 Å². The third-order valence-electron chi connectivity index (χ3n) is 6.88. The molecule has 0 aliphatic heterocycles. The molecule has 0 saturated heterocycles. The normalized spacial score (nSPS) is 10.6. The molecule has 0 fully saturated rings. The van der Waals surface area contributed by atoms with Crippen molar-refractivity contribution in [2.24, 2.45) is 20.5 Å². The molecule has 52 heavy (non-hydrogen) atoms. The second-order valence-electron chi connectivity index (χ2n) is 11.3. The van der Waals surface area contributed by atoms with Crippen molar-refractivity contribution in [2.75, 3.05) is 0 Å². The molecule has 0 aliphatic rings. The predicted molar refractivity (Wildman–Crippen MR) is 189 cm³/mol. The summed E-state index contributed by atoms with van der Waals surface area (Å²) in [5.41, 5.74) is 4.94. The van der Waals surface area contributed by atoms with Gasteiger partial charge in [-0.05, 0) is 93.3 Å². The molecule has 8 nitrogen and oxygen atoms in total. The minimum atomic E-state index is -0.710. The number of hydrogen-bond donors (Lipinski definition) is 0. The molecule has 0 atom stereocenters. The van der Waals surface area contributed by atoms with Gasteiger partial charge >= 0.3 is 0 Å². The van der Waals surface area contributed by atoms with Crippen molar-refractivity contribution in [3.63, 3.8) is 0 Å². The van der Waals surface area contributed by atoms with E-state index in [0.29, 0.717) is 33.8 Å². The van der Waals surface area contributed by atoms with E-state index < -0.39 is 23.3 Å². The van der Waals surface area contributed by atoms with Gasteiger partial charge in [0, 0.05) is 12.4 Å². The standard InChI is InChI=1S/2C20H14F2N4/c1-13-3-6-16(7-4-13)25-26-20-23-11-15(12-24-20)5-8-17-18(21)9-14(2)10-19(17)22;1-13-3-5-15(6-4-13)25-26-16-11-23-20(24-12-16)8-7-17-18(21)9-14(2)10-19(17)22/h3-4,6-7,9-12H,1-2H3;3-6,9-12H,1-2H3. The Morgan fingerprint density at radius 2 is 0.827 bits per heavy atom. The smallest absolute Gasteiger partial charge is 0.227 e. The van der Waals surface area contributed by atoms with Crippen LogP contribution in [0.3, 0.4) is 0 Å². The predicted octanol–water partition coefficient (Wildman–Crippen LogP) is 10.4. The molecule has 256 valence electrons. The highest BCUT2D eigenvalue weighted by Crippen LogP contribution is 2.19. The highest BCUT2D eigenvalue weighted by Gasteiger charge is 2.08. The molecule has 0 amide bonds. The van der Waals surface area contributed by atoms with Gasteiger partial charge in [0.25, 0.3) is 5.95 Å². The van der Waals surface area contributed by atoms with Gasteiger partial charge in [0.2, 0.25) is 5.82 Å². The number of aromatic nitrogens is 4. The van der Waals surface area contributed by atoms with Gasteiger partial charge in [0.1, 0.15) is 29.0 Å². The Kier molecular flexibility index (Phi) is 12.0. The van der Waals surface area contributed by atoms with Gasteiger partial charge in [-0.3, -0.25) is 0 Å². The molecule has 0 bridgehead atoms.